The van der Waals surface area contributed by atoms with Crippen LogP contribution in [0.15, 0.2) is 54.9 Å². The van der Waals surface area contributed by atoms with Crippen LogP contribution in [-0.4, -0.2) is 9.97 Å². The minimum atomic E-state index is -0.644. The molecule has 2 aromatic carbocycles. The van der Waals surface area contributed by atoms with Gasteiger partial charge >= 0.3 is 0 Å². The lowest BCUT2D eigenvalue weighted by Gasteiger charge is -2.08. The average molecular weight is 331 g/mol. The third kappa shape index (κ3) is 4.22. The Hall–Kier alpha value is -3.09. The zero-order valence-electron chi connectivity index (χ0n) is 12.3. The van der Waals surface area contributed by atoms with Gasteiger partial charge in [0.15, 0.2) is 0 Å². The van der Waals surface area contributed by atoms with Gasteiger partial charge in [-0.1, -0.05) is 0 Å². The summed E-state index contributed by atoms with van der Waals surface area (Å²) in [6.07, 6.45) is 1.29. The van der Waals surface area contributed by atoms with Crippen LogP contribution in [0.1, 0.15) is 5.56 Å². The molecule has 7 heteroatoms. The van der Waals surface area contributed by atoms with E-state index in [1.165, 1.54) is 48.8 Å². The Labute approximate surface area is 136 Å². The molecule has 3 rings (SSSR count). The molecule has 0 radical (unpaired) electrons. The van der Waals surface area contributed by atoms with Crippen molar-refractivity contribution < 1.29 is 17.9 Å². The Balaban J connectivity index is 1.67. The maximum atomic E-state index is 13.1. The zero-order chi connectivity index (χ0) is 16.9. The fourth-order valence-electron chi connectivity index (χ4n) is 2.02. The Morgan fingerprint density at radius 2 is 1.54 bits per heavy atom. The van der Waals surface area contributed by atoms with E-state index in [2.05, 4.69) is 15.3 Å². The molecule has 0 atom stereocenters. The molecule has 1 aromatic heterocycles. The molecule has 0 amide bonds. The van der Waals surface area contributed by atoms with E-state index in [0.717, 1.165) is 6.07 Å². The van der Waals surface area contributed by atoms with Crippen LogP contribution in [0, 0.1) is 17.5 Å². The molecule has 0 fully saturated rings. The lowest BCUT2D eigenvalue weighted by atomic mass is 10.2. The van der Waals surface area contributed by atoms with Gasteiger partial charge in [-0.25, -0.2) is 23.1 Å². The number of benzene rings is 2. The van der Waals surface area contributed by atoms with Crippen LogP contribution in [0.4, 0.5) is 19.0 Å². The first-order chi connectivity index (χ1) is 11.6. The van der Waals surface area contributed by atoms with E-state index in [4.69, 9.17) is 4.74 Å². The van der Waals surface area contributed by atoms with Crippen molar-refractivity contribution >= 4 is 5.82 Å². The first kappa shape index (κ1) is 15.8. The van der Waals surface area contributed by atoms with Crippen molar-refractivity contribution in [3.63, 3.8) is 0 Å². The maximum absolute atomic E-state index is 13.1. The molecule has 0 saturated carbocycles. The van der Waals surface area contributed by atoms with Gasteiger partial charge in [0.25, 0.3) is 0 Å². The van der Waals surface area contributed by atoms with E-state index >= 15 is 0 Å². The van der Waals surface area contributed by atoms with Crippen molar-refractivity contribution in [2.45, 2.75) is 6.54 Å². The number of ether oxygens (including phenoxy) is 1. The standard InChI is InChI=1S/C17H12F3N3O/c18-12-1-3-15(4-2-12)24-17-8-16(22-10-23-17)21-9-11-5-13(19)7-14(20)6-11/h1-8,10H,9H2,(H,21,22,23). The highest BCUT2D eigenvalue weighted by atomic mass is 19.1. The minimum Gasteiger partial charge on any atom is -0.439 e. The molecule has 1 N–H and O–H groups in total. The van der Waals surface area contributed by atoms with Gasteiger partial charge in [0, 0.05) is 18.7 Å². The molecular weight excluding hydrogens is 319 g/mol. The van der Waals surface area contributed by atoms with Crippen molar-refractivity contribution in [2.75, 3.05) is 5.32 Å². The second-order valence-corrected chi connectivity index (χ2v) is 4.93. The average Bonchev–Trinajstić information content (AvgIpc) is 2.55. The van der Waals surface area contributed by atoms with Gasteiger partial charge in [-0.05, 0) is 42.0 Å². The van der Waals surface area contributed by atoms with Crippen LogP contribution in [0.2, 0.25) is 0 Å². The zero-order valence-corrected chi connectivity index (χ0v) is 12.3. The third-order valence-electron chi connectivity index (χ3n) is 3.07. The van der Waals surface area contributed by atoms with E-state index in [1.54, 1.807) is 0 Å². The predicted molar refractivity (Wildman–Crippen MR) is 82.2 cm³/mol. The van der Waals surface area contributed by atoms with Crippen molar-refractivity contribution in [1.29, 1.82) is 0 Å². The van der Waals surface area contributed by atoms with Crippen LogP contribution in [0.25, 0.3) is 0 Å². The molecule has 0 unspecified atom stereocenters. The first-order valence-electron chi connectivity index (χ1n) is 7.03. The summed E-state index contributed by atoms with van der Waals surface area (Å²) in [6.45, 7) is 0.182. The summed E-state index contributed by atoms with van der Waals surface area (Å²) in [5.74, 6) is -0.552. The fraction of sp³-hybridized carbons (Fsp3) is 0.0588. The Kier molecular flexibility index (Phi) is 4.60. The van der Waals surface area contributed by atoms with Gasteiger partial charge in [0.2, 0.25) is 5.88 Å². The topological polar surface area (TPSA) is 47.0 Å². The van der Waals surface area contributed by atoms with Gasteiger partial charge in [0.05, 0.1) is 0 Å². The molecule has 0 bridgehead atoms. The molecule has 3 aromatic rings. The number of nitrogens with one attached hydrogen (secondary N) is 1. The lowest BCUT2D eigenvalue weighted by molar-refractivity contribution is 0.460. The summed E-state index contributed by atoms with van der Waals surface area (Å²) in [4.78, 5) is 7.96. The summed E-state index contributed by atoms with van der Waals surface area (Å²) in [7, 11) is 0. The van der Waals surface area contributed by atoms with Crippen molar-refractivity contribution in [3.8, 4) is 11.6 Å². The SMILES string of the molecule is Fc1ccc(Oc2cc(NCc3cc(F)cc(F)c3)ncn2)cc1. The molecule has 0 spiro atoms. The molecule has 0 aliphatic carbocycles. The molecule has 1 heterocycles. The van der Waals surface area contributed by atoms with Crippen molar-refractivity contribution in [3.05, 3.63) is 77.9 Å². The van der Waals surface area contributed by atoms with Gasteiger partial charge in [0.1, 0.15) is 35.3 Å². The van der Waals surface area contributed by atoms with Crippen molar-refractivity contribution in [1.82, 2.24) is 9.97 Å². The number of rotatable bonds is 5. The Bertz CT molecular complexity index is 820. The Morgan fingerprint density at radius 1 is 0.833 bits per heavy atom. The lowest BCUT2D eigenvalue weighted by Crippen LogP contribution is -2.03. The molecular formula is C17H12F3N3O. The van der Waals surface area contributed by atoms with E-state index < -0.39 is 11.6 Å². The first-order valence-corrected chi connectivity index (χ1v) is 7.03. The number of anilines is 1. The summed E-state index contributed by atoms with van der Waals surface area (Å²) in [5, 5.41) is 2.93. The second-order valence-electron chi connectivity index (χ2n) is 4.93. The highest BCUT2D eigenvalue weighted by molar-refractivity contribution is 5.39. The van der Waals surface area contributed by atoms with Crippen LogP contribution in [-0.2, 0) is 6.54 Å². The molecule has 0 aliphatic heterocycles. The molecule has 24 heavy (non-hydrogen) atoms. The van der Waals surface area contributed by atoms with E-state index in [1.807, 2.05) is 0 Å². The van der Waals surface area contributed by atoms with Gasteiger partial charge in [-0.3, -0.25) is 0 Å². The second kappa shape index (κ2) is 6.99. The number of nitrogens with zero attached hydrogens (tertiary/aromatic N) is 2. The van der Waals surface area contributed by atoms with E-state index in [0.29, 0.717) is 17.1 Å². The fourth-order valence-corrected chi connectivity index (χ4v) is 2.02. The summed E-state index contributed by atoms with van der Waals surface area (Å²) in [6, 6.07) is 10.3. The molecule has 4 nitrogen and oxygen atoms in total. The normalized spacial score (nSPS) is 10.5. The maximum Gasteiger partial charge on any atom is 0.224 e. The molecule has 0 saturated heterocycles. The number of aromatic nitrogens is 2. The smallest absolute Gasteiger partial charge is 0.224 e. The largest absolute Gasteiger partial charge is 0.439 e. The van der Waals surface area contributed by atoms with Crippen LogP contribution < -0.4 is 10.1 Å². The van der Waals surface area contributed by atoms with E-state index in [-0.39, 0.29) is 18.2 Å². The Morgan fingerprint density at radius 3 is 2.25 bits per heavy atom. The summed E-state index contributed by atoms with van der Waals surface area (Å²) < 4.78 is 44.6. The predicted octanol–water partition coefficient (Wildman–Crippen LogP) is 4.30. The minimum absolute atomic E-state index is 0.182. The van der Waals surface area contributed by atoms with Gasteiger partial charge in [-0.15, -0.1) is 0 Å². The van der Waals surface area contributed by atoms with Gasteiger partial charge in [-0.2, -0.15) is 0 Å². The van der Waals surface area contributed by atoms with Crippen LogP contribution in [0.3, 0.4) is 0 Å². The number of halogens is 3. The highest BCUT2D eigenvalue weighted by Crippen LogP contribution is 2.21. The summed E-state index contributed by atoms with van der Waals surface area (Å²) in [5.41, 5.74) is 0.437. The highest BCUT2D eigenvalue weighted by Gasteiger charge is 2.04. The monoisotopic (exact) mass is 331 g/mol. The third-order valence-corrected chi connectivity index (χ3v) is 3.07. The van der Waals surface area contributed by atoms with Crippen molar-refractivity contribution in [2.24, 2.45) is 0 Å². The quantitative estimate of drug-likeness (QED) is 0.757. The molecule has 122 valence electrons. The van der Waals surface area contributed by atoms with Gasteiger partial charge < -0.3 is 10.1 Å². The molecule has 0 aliphatic rings. The number of hydrogen-bond acceptors (Lipinski definition) is 4. The number of hydrogen-bond donors (Lipinski definition) is 1. The van der Waals surface area contributed by atoms with E-state index in [9.17, 15) is 13.2 Å². The van der Waals surface area contributed by atoms with Crippen LogP contribution >= 0.6 is 0 Å². The van der Waals surface area contributed by atoms with Crippen LogP contribution in [0.5, 0.6) is 11.6 Å². The summed E-state index contributed by atoms with van der Waals surface area (Å²) >= 11 is 0.